The van der Waals surface area contributed by atoms with Crippen LogP contribution in [0, 0.1) is 5.92 Å². The van der Waals surface area contributed by atoms with Gasteiger partial charge in [0.25, 0.3) is 0 Å². The van der Waals surface area contributed by atoms with Crippen LogP contribution in [0.25, 0.3) is 0 Å². The van der Waals surface area contributed by atoms with E-state index in [1.165, 1.54) is 5.56 Å². The van der Waals surface area contributed by atoms with E-state index in [4.69, 9.17) is 14.6 Å². The van der Waals surface area contributed by atoms with Gasteiger partial charge in [-0.2, -0.15) is 0 Å². The van der Waals surface area contributed by atoms with Crippen molar-refractivity contribution in [2.75, 3.05) is 19.8 Å². The van der Waals surface area contributed by atoms with Crippen molar-refractivity contribution in [1.82, 2.24) is 0 Å². The standard InChI is InChI=1S/C15H21NO3.C3H8O.C2H6/c1-11-7-13(8-12-5-3-2-4-6-12)9-18-10-14(16)15(17)19-11;1-2-3-4;1-2/h2-6,11,13-14H,7-10,16H2,1H3;4H,2-3H2,1H3;1-2H3/p+1/t11?,13?,14-;;/m0../s1. The molecule has 2 rings (SSSR count). The van der Waals surface area contributed by atoms with Crippen LogP contribution in [0.5, 0.6) is 0 Å². The van der Waals surface area contributed by atoms with E-state index in [0.29, 0.717) is 25.7 Å². The molecule has 0 amide bonds. The van der Waals surface area contributed by atoms with Gasteiger partial charge in [-0.3, -0.25) is 0 Å². The summed E-state index contributed by atoms with van der Waals surface area (Å²) in [5, 5.41) is 7.88. The fraction of sp³-hybridized carbons (Fsp3) is 0.650. The number of esters is 1. The van der Waals surface area contributed by atoms with Gasteiger partial charge >= 0.3 is 5.97 Å². The number of aliphatic hydroxyl groups is 1. The van der Waals surface area contributed by atoms with Gasteiger partial charge in [-0.05, 0) is 37.7 Å². The molecular weight excluding hydrogens is 318 g/mol. The lowest BCUT2D eigenvalue weighted by atomic mass is 9.95. The van der Waals surface area contributed by atoms with E-state index in [1.54, 1.807) is 0 Å². The Hall–Kier alpha value is -1.43. The molecular formula is C20H36NO4+. The van der Waals surface area contributed by atoms with Gasteiger partial charge in [-0.1, -0.05) is 51.1 Å². The van der Waals surface area contributed by atoms with Crippen molar-refractivity contribution in [3.8, 4) is 0 Å². The number of hydrogen-bond donors (Lipinski definition) is 2. The molecule has 0 aromatic heterocycles. The number of cyclic esters (lactones) is 1. The Morgan fingerprint density at radius 3 is 2.36 bits per heavy atom. The molecule has 0 saturated carbocycles. The molecule has 5 nitrogen and oxygen atoms in total. The zero-order chi connectivity index (χ0) is 19.1. The molecule has 0 aliphatic carbocycles. The van der Waals surface area contributed by atoms with Crippen molar-refractivity contribution in [3.63, 3.8) is 0 Å². The number of rotatable bonds is 3. The minimum atomic E-state index is -0.419. The van der Waals surface area contributed by atoms with Gasteiger partial charge in [0.15, 0.2) is 0 Å². The number of carbonyl (C=O) groups excluding carboxylic acids is 1. The third-order valence-electron chi connectivity index (χ3n) is 3.58. The van der Waals surface area contributed by atoms with Gasteiger partial charge in [0, 0.05) is 6.61 Å². The highest BCUT2D eigenvalue weighted by Crippen LogP contribution is 2.18. The highest BCUT2D eigenvalue weighted by Gasteiger charge is 2.26. The number of hydrogen-bond acceptors (Lipinski definition) is 4. The summed E-state index contributed by atoms with van der Waals surface area (Å²) in [5.41, 5.74) is 5.06. The number of quaternary nitrogens is 1. The quantitative estimate of drug-likeness (QED) is 0.815. The average molecular weight is 355 g/mol. The SMILES string of the molecule is CC.CC1CC(Cc2ccccc2)COC[C@H]([NH3+])C(=O)O1.CCCO. The van der Waals surface area contributed by atoms with Gasteiger partial charge in [-0.15, -0.1) is 0 Å². The predicted molar refractivity (Wildman–Crippen MR) is 100 cm³/mol. The summed E-state index contributed by atoms with van der Waals surface area (Å²) < 4.78 is 11.0. The highest BCUT2D eigenvalue weighted by molar-refractivity contribution is 5.74. The molecule has 1 aliphatic heterocycles. The first-order valence-corrected chi connectivity index (χ1v) is 9.32. The van der Waals surface area contributed by atoms with Gasteiger partial charge in [0.2, 0.25) is 6.04 Å². The minimum Gasteiger partial charge on any atom is -0.458 e. The van der Waals surface area contributed by atoms with Crippen molar-refractivity contribution in [2.24, 2.45) is 5.92 Å². The van der Waals surface area contributed by atoms with E-state index >= 15 is 0 Å². The van der Waals surface area contributed by atoms with Crippen LogP contribution in [0.1, 0.15) is 46.1 Å². The molecule has 0 radical (unpaired) electrons. The van der Waals surface area contributed by atoms with Gasteiger partial charge in [0.1, 0.15) is 6.61 Å². The second-order valence-electron chi connectivity index (χ2n) is 6.00. The van der Waals surface area contributed by atoms with Crippen molar-refractivity contribution in [2.45, 2.75) is 59.1 Å². The Morgan fingerprint density at radius 2 is 1.80 bits per heavy atom. The van der Waals surface area contributed by atoms with Crippen LogP contribution >= 0.6 is 0 Å². The Bertz CT molecular complexity index is 437. The Kier molecular flexibility index (Phi) is 14.0. The molecule has 25 heavy (non-hydrogen) atoms. The fourth-order valence-corrected chi connectivity index (χ4v) is 2.41. The zero-order valence-corrected chi connectivity index (χ0v) is 16.2. The smallest absolute Gasteiger partial charge is 0.367 e. The summed E-state index contributed by atoms with van der Waals surface area (Å²) >= 11 is 0. The first-order chi connectivity index (χ1) is 12.1. The van der Waals surface area contributed by atoms with Crippen molar-refractivity contribution < 1.29 is 25.1 Å². The summed E-state index contributed by atoms with van der Waals surface area (Å²) in [4.78, 5) is 11.6. The van der Waals surface area contributed by atoms with E-state index in [0.717, 1.165) is 19.3 Å². The molecule has 1 saturated heterocycles. The molecule has 1 fully saturated rings. The lowest BCUT2D eigenvalue weighted by Crippen LogP contribution is -2.67. The monoisotopic (exact) mass is 354 g/mol. The van der Waals surface area contributed by atoms with Gasteiger partial charge in [0.05, 0.1) is 12.7 Å². The summed E-state index contributed by atoms with van der Waals surface area (Å²) in [6, 6.07) is 9.92. The number of ether oxygens (including phenoxy) is 2. The van der Waals surface area contributed by atoms with Crippen LogP contribution in [0.15, 0.2) is 30.3 Å². The van der Waals surface area contributed by atoms with Gasteiger partial charge in [-0.25, -0.2) is 4.79 Å². The Balaban J connectivity index is 0.000000845. The third kappa shape index (κ3) is 10.9. The van der Waals surface area contributed by atoms with E-state index in [2.05, 4.69) is 17.9 Å². The van der Waals surface area contributed by atoms with E-state index < -0.39 is 6.04 Å². The topological polar surface area (TPSA) is 83.4 Å². The second-order valence-corrected chi connectivity index (χ2v) is 6.00. The molecule has 1 aliphatic rings. The van der Waals surface area contributed by atoms with E-state index in [9.17, 15) is 4.79 Å². The number of aliphatic hydroxyl groups excluding tert-OH is 1. The third-order valence-corrected chi connectivity index (χ3v) is 3.58. The highest BCUT2D eigenvalue weighted by atomic mass is 16.5. The van der Waals surface area contributed by atoms with Crippen LogP contribution in [0.2, 0.25) is 0 Å². The first kappa shape index (κ1) is 23.6. The van der Waals surface area contributed by atoms with Crippen LogP contribution in [0.3, 0.4) is 0 Å². The maximum absolute atomic E-state index is 11.6. The molecule has 1 heterocycles. The van der Waals surface area contributed by atoms with E-state index in [1.807, 2.05) is 45.9 Å². The van der Waals surface area contributed by atoms with Crippen LogP contribution in [0.4, 0.5) is 0 Å². The van der Waals surface area contributed by atoms with Crippen molar-refractivity contribution in [1.29, 1.82) is 0 Å². The summed E-state index contributed by atoms with van der Waals surface area (Å²) in [5.74, 6) is 0.114. The summed E-state index contributed by atoms with van der Waals surface area (Å²) in [7, 11) is 0. The maximum Gasteiger partial charge on any atom is 0.367 e. The zero-order valence-electron chi connectivity index (χ0n) is 16.2. The molecule has 3 atom stereocenters. The largest absolute Gasteiger partial charge is 0.458 e. The predicted octanol–water partition coefficient (Wildman–Crippen LogP) is 2.22. The molecule has 0 spiro atoms. The molecule has 4 N–H and O–H groups in total. The average Bonchev–Trinajstić information content (AvgIpc) is 2.68. The number of benzene rings is 1. The molecule has 5 heteroatoms. The van der Waals surface area contributed by atoms with Gasteiger partial charge < -0.3 is 20.3 Å². The van der Waals surface area contributed by atoms with Crippen LogP contribution < -0.4 is 5.73 Å². The lowest BCUT2D eigenvalue weighted by molar-refractivity contribution is -0.415. The minimum absolute atomic E-state index is 0.0767. The van der Waals surface area contributed by atoms with Crippen molar-refractivity contribution >= 4 is 5.97 Å². The Morgan fingerprint density at radius 1 is 1.20 bits per heavy atom. The molecule has 2 unspecified atom stereocenters. The molecule has 1 aromatic carbocycles. The first-order valence-electron chi connectivity index (χ1n) is 9.32. The maximum atomic E-state index is 11.6. The molecule has 1 aromatic rings. The summed E-state index contributed by atoms with van der Waals surface area (Å²) in [6.45, 7) is 9.19. The van der Waals surface area contributed by atoms with Crippen LogP contribution in [-0.4, -0.2) is 43.0 Å². The molecule has 0 bridgehead atoms. The number of carbonyl (C=O) groups is 1. The lowest BCUT2D eigenvalue weighted by Gasteiger charge is -2.19. The summed E-state index contributed by atoms with van der Waals surface area (Å²) in [6.07, 6.45) is 2.57. The second kappa shape index (κ2) is 14.9. The van der Waals surface area contributed by atoms with Crippen molar-refractivity contribution in [3.05, 3.63) is 35.9 Å². The fourth-order valence-electron chi connectivity index (χ4n) is 2.41. The molecule has 144 valence electrons. The van der Waals surface area contributed by atoms with E-state index in [-0.39, 0.29) is 12.1 Å². The Labute approximate surface area is 152 Å². The normalized spacial score (nSPS) is 23.4. The van der Waals surface area contributed by atoms with Crippen LogP contribution in [-0.2, 0) is 20.7 Å².